The molecule has 30 heavy (non-hydrogen) atoms. The molecule has 0 spiro atoms. The smallest absolute Gasteiger partial charge is 0.422 e. The van der Waals surface area contributed by atoms with Crippen LogP contribution in [0.2, 0.25) is 0 Å². The van der Waals surface area contributed by atoms with E-state index in [4.69, 9.17) is 4.74 Å². The highest BCUT2D eigenvalue weighted by molar-refractivity contribution is 5.92. The lowest BCUT2D eigenvalue weighted by molar-refractivity contribution is -0.154. The first-order valence-electron chi connectivity index (χ1n) is 8.99. The summed E-state index contributed by atoms with van der Waals surface area (Å²) >= 11 is 0. The lowest BCUT2D eigenvalue weighted by Crippen LogP contribution is -2.25. The normalized spacial score (nSPS) is 11.1. The number of ether oxygens (including phenoxy) is 2. The molecule has 0 radical (unpaired) electrons. The van der Waals surface area contributed by atoms with Crippen molar-refractivity contribution in [2.45, 2.75) is 39.4 Å². The molecule has 0 aromatic carbocycles. The van der Waals surface area contributed by atoms with E-state index in [9.17, 15) is 22.8 Å². The molecule has 2 aromatic rings. The average Bonchev–Trinajstić information content (AvgIpc) is 2.69. The first kappa shape index (κ1) is 23.0. The van der Waals surface area contributed by atoms with Crippen LogP contribution in [-0.2, 0) is 17.8 Å². The molecule has 2 rings (SSSR count). The fourth-order valence-electron chi connectivity index (χ4n) is 2.39. The van der Waals surface area contributed by atoms with Gasteiger partial charge in [0.05, 0.1) is 13.5 Å². The lowest BCUT2D eigenvalue weighted by Gasteiger charge is -2.12. The summed E-state index contributed by atoms with van der Waals surface area (Å²) < 4.78 is 46.4. The van der Waals surface area contributed by atoms with Crippen LogP contribution < -0.4 is 14.8 Å². The lowest BCUT2D eigenvalue weighted by atomic mass is 10.2. The van der Waals surface area contributed by atoms with Crippen molar-refractivity contribution in [3.05, 3.63) is 41.0 Å². The number of pyridine rings is 1. The third kappa shape index (κ3) is 6.98. The summed E-state index contributed by atoms with van der Waals surface area (Å²) in [6.07, 6.45) is -4.11. The summed E-state index contributed by atoms with van der Waals surface area (Å²) in [6, 6.07) is 4.17. The molecular weight excluding hydrogens is 405 g/mol. The molecule has 1 N–H and O–H groups in total. The molecular formula is C19H21F3N4O4. The summed E-state index contributed by atoms with van der Waals surface area (Å²) in [6.45, 7) is 1.92. The maximum atomic E-state index is 12.5. The Morgan fingerprint density at radius 1 is 1.17 bits per heavy atom. The Hall–Kier alpha value is -3.24. The van der Waals surface area contributed by atoms with Crippen molar-refractivity contribution in [3.8, 4) is 11.8 Å². The number of carbonyl (C=O) groups is 2. The maximum Gasteiger partial charge on any atom is 0.422 e. The third-order valence-corrected chi connectivity index (χ3v) is 3.81. The highest BCUT2D eigenvalue weighted by Gasteiger charge is 2.28. The van der Waals surface area contributed by atoms with Crippen LogP contribution in [0.4, 0.5) is 13.2 Å². The molecule has 8 nitrogen and oxygen atoms in total. The SMILES string of the molecule is CCC(=O)Cc1nc(C)cc(C(=O)NCc2ccc(OCC(F)(F)F)nc2OC)n1. The van der Waals surface area contributed by atoms with Crippen LogP contribution in [0.5, 0.6) is 11.8 Å². The molecule has 0 saturated carbocycles. The highest BCUT2D eigenvalue weighted by atomic mass is 19.4. The highest BCUT2D eigenvalue weighted by Crippen LogP contribution is 2.22. The van der Waals surface area contributed by atoms with Gasteiger partial charge in [-0.2, -0.15) is 18.2 Å². The number of hydrogen-bond donors (Lipinski definition) is 1. The van der Waals surface area contributed by atoms with Gasteiger partial charge in [-0.05, 0) is 19.1 Å². The van der Waals surface area contributed by atoms with E-state index in [2.05, 4.69) is 25.0 Å². The monoisotopic (exact) mass is 426 g/mol. The molecule has 0 bridgehead atoms. The number of methoxy groups -OCH3 is 1. The van der Waals surface area contributed by atoms with E-state index >= 15 is 0 Å². The van der Waals surface area contributed by atoms with Gasteiger partial charge < -0.3 is 14.8 Å². The second-order valence-electron chi connectivity index (χ2n) is 6.28. The molecule has 0 aliphatic carbocycles. The first-order chi connectivity index (χ1) is 14.1. The van der Waals surface area contributed by atoms with Crippen LogP contribution in [-0.4, -0.2) is 46.5 Å². The zero-order valence-electron chi connectivity index (χ0n) is 16.7. The zero-order valence-corrected chi connectivity index (χ0v) is 16.7. The number of ketones is 1. The van der Waals surface area contributed by atoms with Gasteiger partial charge in [0, 0.05) is 30.3 Å². The van der Waals surface area contributed by atoms with Gasteiger partial charge in [-0.25, -0.2) is 9.97 Å². The second-order valence-corrected chi connectivity index (χ2v) is 6.28. The number of carbonyl (C=O) groups excluding carboxylic acids is 2. The van der Waals surface area contributed by atoms with E-state index in [0.717, 1.165) is 0 Å². The number of halogens is 3. The minimum atomic E-state index is -4.49. The Balaban J connectivity index is 2.07. The van der Waals surface area contributed by atoms with Crippen LogP contribution in [0.25, 0.3) is 0 Å². The van der Waals surface area contributed by atoms with Gasteiger partial charge >= 0.3 is 6.18 Å². The second kappa shape index (κ2) is 9.99. The number of amides is 1. The molecule has 0 unspecified atom stereocenters. The summed E-state index contributed by atoms with van der Waals surface area (Å²) in [5.74, 6) is -0.530. The summed E-state index contributed by atoms with van der Waals surface area (Å²) in [4.78, 5) is 36.2. The molecule has 162 valence electrons. The summed E-state index contributed by atoms with van der Waals surface area (Å²) in [5, 5.41) is 2.63. The minimum Gasteiger partial charge on any atom is -0.481 e. The Kier molecular flexibility index (Phi) is 7.67. The molecule has 0 fully saturated rings. The van der Waals surface area contributed by atoms with Crippen LogP contribution in [0, 0.1) is 6.92 Å². The van der Waals surface area contributed by atoms with E-state index in [1.807, 2.05) is 0 Å². The quantitative estimate of drug-likeness (QED) is 0.657. The van der Waals surface area contributed by atoms with Gasteiger partial charge in [0.15, 0.2) is 6.61 Å². The average molecular weight is 426 g/mol. The molecule has 11 heteroatoms. The van der Waals surface area contributed by atoms with E-state index in [1.165, 1.54) is 25.3 Å². The number of rotatable bonds is 9. The van der Waals surface area contributed by atoms with Crippen molar-refractivity contribution >= 4 is 11.7 Å². The van der Waals surface area contributed by atoms with Crippen molar-refractivity contribution in [2.75, 3.05) is 13.7 Å². The Labute approximate surface area is 170 Å². The summed E-state index contributed by atoms with van der Waals surface area (Å²) in [5.41, 5.74) is 1.07. The number of nitrogens with one attached hydrogen (secondary N) is 1. The van der Waals surface area contributed by atoms with Gasteiger partial charge in [-0.3, -0.25) is 9.59 Å². The molecule has 2 heterocycles. The van der Waals surface area contributed by atoms with E-state index in [1.54, 1.807) is 13.8 Å². The first-order valence-corrected chi connectivity index (χ1v) is 8.99. The number of hydrogen-bond acceptors (Lipinski definition) is 7. The number of aromatic nitrogens is 3. The van der Waals surface area contributed by atoms with Crippen molar-refractivity contribution in [3.63, 3.8) is 0 Å². The molecule has 0 aliphatic rings. The molecule has 0 saturated heterocycles. The van der Waals surface area contributed by atoms with Crippen LogP contribution >= 0.6 is 0 Å². The number of alkyl halides is 3. The molecule has 1 amide bonds. The fraction of sp³-hybridized carbons (Fsp3) is 0.421. The molecule has 0 aliphatic heterocycles. The predicted octanol–water partition coefficient (Wildman–Crippen LogP) is 2.58. The summed E-state index contributed by atoms with van der Waals surface area (Å²) in [7, 11) is 1.30. The van der Waals surface area contributed by atoms with Gasteiger partial charge in [0.1, 0.15) is 17.3 Å². The van der Waals surface area contributed by atoms with E-state index in [0.29, 0.717) is 17.7 Å². The third-order valence-electron chi connectivity index (χ3n) is 3.81. The number of Topliss-reactive ketones (excluding diaryl/α,β-unsaturated/α-hetero) is 1. The minimum absolute atomic E-state index is 0.0131. The standard InChI is InChI=1S/C19H21F3N4O4/c1-4-13(27)8-15-24-11(2)7-14(25-15)17(28)23-9-12-5-6-16(26-18(12)29-3)30-10-19(20,21)22/h5-7H,4,8-10H2,1-3H3,(H,23,28). The van der Waals surface area contributed by atoms with Crippen molar-refractivity contribution in [1.29, 1.82) is 0 Å². The van der Waals surface area contributed by atoms with Gasteiger partial charge in [-0.1, -0.05) is 6.92 Å². The van der Waals surface area contributed by atoms with Gasteiger partial charge in [0.25, 0.3) is 5.91 Å². The Morgan fingerprint density at radius 2 is 1.90 bits per heavy atom. The Morgan fingerprint density at radius 3 is 2.53 bits per heavy atom. The number of aryl methyl sites for hydroxylation is 1. The van der Waals surface area contributed by atoms with Gasteiger partial charge in [0.2, 0.25) is 11.8 Å². The van der Waals surface area contributed by atoms with E-state index < -0.39 is 18.7 Å². The number of nitrogens with zero attached hydrogens (tertiary/aromatic N) is 3. The van der Waals surface area contributed by atoms with Crippen LogP contribution in [0.15, 0.2) is 18.2 Å². The predicted molar refractivity (Wildman–Crippen MR) is 99.3 cm³/mol. The maximum absolute atomic E-state index is 12.5. The fourth-order valence-corrected chi connectivity index (χ4v) is 2.39. The zero-order chi connectivity index (χ0) is 22.3. The van der Waals surface area contributed by atoms with Gasteiger partial charge in [-0.15, -0.1) is 0 Å². The van der Waals surface area contributed by atoms with Crippen molar-refractivity contribution in [1.82, 2.24) is 20.3 Å². The largest absolute Gasteiger partial charge is 0.481 e. The van der Waals surface area contributed by atoms with Crippen LogP contribution in [0.3, 0.4) is 0 Å². The van der Waals surface area contributed by atoms with Crippen molar-refractivity contribution in [2.24, 2.45) is 0 Å². The Bertz CT molecular complexity index is 919. The van der Waals surface area contributed by atoms with Crippen molar-refractivity contribution < 1.29 is 32.2 Å². The van der Waals surface area contributed by atoms with Crippen LogP contribution in [0.1, 0.15) is 40.9 Å². The molecule has 2 aromatic heterocycles. The molecule has 0 atom stereocenters. The topological polar surface area (TPSA) is 103 Å². The van der Waals surface area contributed by atoms with E-state index in [-0.39, 0.29) is 42.0 Å².